The number of nitrogens with zero attached hydrogens (tertiary/aromatic N) is 2. The smallest absolute Gasteiger partial charge is 0.209 e. The van der Waals surface area contributed by atoms with Crippen LogP contribution in [-0.4, -0.2) is 50.8 Å². The third-order valence-electron chi connectivity index (χ3n) is 7.25. The fraction of sp³-hybridized carbons (Fsp3) is 0.414. The van der Waals surface area contributed by atoms with Gasteiger partial charge < -0.3 is 14.4 Å². The second-order valence-electron chi connectivity index (χ2n) is 10.2. The molecule has 0 N–H and O–H groups in total. The monoisotopic (exact) mass is 513 g/mol. The molecular weight excluding hydrogens is 479 g/mol. The number of hydrogen-bond donors (Lipinski definition) is 0. The molecule has 186 valence electrons. The lowest BCUT2D eigenvalue weighted by Gasteiger charge is -2.26. The predicted octanol–water partition coefficient (Wildman–Crippen LogP) is 6.90. The zero-order chi connectivity index (χ0) is 25.4. The van der Waals surface area contributed by atoms with Crippen molar-refractivity contribution in [3.63, 3.8) is 0 Å². The van der Waals surface area contributed by atoms with Crippen LogP contribution in [0.25, 0.3) is 0 Å². The van der Waals surface area contributed by atoms with Crippen LogP contribution >= 0.6 is 23.2 Å². The highest BCUT2D eigenvalue weighted by atomic mass is 35.5. The molecule has 2 aromatic rings. The Balaban J connectivity index is 1.76. The zero-order valence-electron chi connectivity index (χ0n) is 21.5. The molecule has 2 heterocycles. The van der Waals surface area contributed by atoms with Crippen LogP contribution in [-0.2, 0) is 20.3 Å². The maximum Gasteiger partial charge on any atom is 0.209 e. The molecule has 2 aromatic carbocycles. The molecule has 35 heavy (non-hydrogen) atoms. The van der Waals surface area contributed by atoms with Crippen molar-refractivity contribution in [2.45, 2.75) is 38.5 Å². The molecule has 2 aliphatic rings. The van der Waals surface area contributed by atoms with Gasteiger partial charge in [-0.1, -0.05) is 43.1 Å². The van der Waals surface area contributed by atoms with Gasteiger partial charge in [0.15, 0.2) is 12.3 Å². The number of ether oxygens (including phenoxy) is 2. The van der Waals surface area contributed by atoms with Crippen molar-refractivity contribution in [3.8, 4) is 0 Å². The van der Waals surface area contributed by atoms with E-state index in [0.29, 0.717) is 13.2 Å². The van der Waals surface area contributed by atoms with Crippen LogP contribution in [0.1, 0.15) is 38.8 Å². The SMILES string of the molecule is COCCN1/C(=C/C=C/C2=[N+](CCOC)c3ccc(Cl)cc3C2(C)C)C(C)(C)c2cc(Cl)ccc21. The molecule has 4 rings (SSSR count). The first-order valence-corrected chi connectivity index (χ1v) is 12.8. The largest absolute Gasteiger partial charge is 0.383 e. The second-order valence-corrected chi connectivity index (χ2v) is 11.0. The van der Waals surface area contributed by atoms with E-state index in [0.717, 1.165) is 23.1 Å². The Hall–Kier alpha value is -2.11. The van der Waals surface area contributed by atoms with E-state index < -0.39 is 0 Å². The zero-order valence-corrected chi connectivity index (χ0v) is 23.0. The van der Waals surface area contributed by atoms with Gasteiger partial charge in [0.2, 0.25) is 5.69 Å². The van der Waals surface area contributed by atoms with Crippen LogP contribution in [0.2, 0.25) is 10.0 Å². The van der Waals surface area contributed by atoms with Crippen molar-refractivity contribution in [2.75, 3.05) is 45.4 Å². The van der Waals surface area contributed by atoms with Gasteiger partial charge in [0.1, 0.15) is 6.61 Å². The lowest BCUT2D eigenvalue weighted by atomic mass is 9.81. The van der Waals surface area contributed by atoms with Crippen molar-refractivity contribution in [3.05, 3.63) is 81.5 Å². The van der Waals surface area contributed by atoms with Gasteiger partial charge in [0.25, 0.3) is 0 Å². The number of anilines is 1. The normalized spacial score (nSPS) is 19.2. The summed E-state index contributed by atoms with van der Waals surface area (Å²) in [5.41, 5.74) is 6.94. The van der Waals surface area contributed by atoms with E-state index in [9.17, 15) is 0 Å². The van der Waals surface area contributed by atoms with Gasteiger partial charge in [-0.25, -0.2) is 0 Å². The van der Waals surface area contributed by atoms with Crippen molar-refractivity contribution in [1.82, 2.24) is 0 Å². The summed E-state index contributed by atoms with van der Waals surface area (Å²) in [4.78, 5) is 2.35. The number of fused-ring (bicyclic) bond motifs is 2. The van der Waals surface area contributed by atoms with Crippen LogP contribution < -0.4 is 4.90 Å². The minimum absolute atomic E-state index is 0.180. The fourth-order valence-corrected chi connectivity index (χ4v) is 5.72. The highest BCUT2D eigenvalue weighted by molar-refractivity contribution is 6.31. The van der Waals surface area contributed by atoms with Crippen molar-refractivity contribution < 1.29 is 14.0 Å². The molecule has 2 aliphatic heterocycles. The molecule has 0 unspecified atom stereocenters. The van der Waals surface area contributed by atoms with E-state index in [1.165, 1.54) is 33.9 Å². The minimum Gasteiger partial charge on any atom is -0.383 e. The van der Waals surface area contributed by atoms with Gasteiger partial charge in [0.05, 0.1) is 12.0 Å². The fourth-order valence-electron chi connectivity index (χ4n) is 5.37. The van der Waals surface area contributed by atoms with Crippen LogP contribution in [0, 0.1) is 0 Å². The first-order chi connectivity index (χ1) is 16.6. The van der Waals surface area contributed by atoms with Gasteiger partial charge in [-0.3, -0.25) is 0 Å². The predicted molar refractivity (Wildman–Crippen MR) is 147 cm³/mol. The molecule has 0 aromatic heterocycles. The highest BCUT2D eigenvalue weighted by Crippen LogP contribution is 2.48. The number of allylic oxidation sites excluding steroid dienone is 4. The molecule has 0 amide bonds. The molecule has 0 radical (unpaired) electrons. The number of halogens is 2. The molecule has 0 saturated heterocycles. The number of benzene rings is 2. The van der Waals surface area contributed by atoms with E-state index in [1.807, 2.05) is 12.1 Å². The van der Waals surface area contributed by atoms with Gasteiger partial charge >= 0.3 is 0 Å². The summed E-state index contributed by atoms with van der Waals surface area (Å²) in [5.74, 6) is 0. The van der Waals surface area contributed by atoms with Crippen LogP contribution in [0.3, 0.4) is 0 Å². The first-order valence-electron chi connectivity index (χ1n) is 12.0. The van der Waals surface area contributed by atoms with Crippen molar-refractivity contribution in [2.24, 2.45) is 0 Å². The number of hydrogen-bond acceptors (Lipinski definition) is 3. The van der Waals surface area contributed by atoms with E-state index in [-0.39, 0.29) is 10.8 Å². The van der Waals surface area contributed by atoms with Gasteiger partial charge in [-0.2, -0.15) is 4.58 Å². The van der Waals surface area contributed by atoms with E-state index >= 15 is 0 Å². The Bertz CT molecular complexity index is 1210. The molecule has 0 atom stereocenters. The summed E-state index contributed by atoms with van der Waals surface area (Å²) in [5, 5.41) is 1.52. The molecule has 4 nitrogen and oxygen atoms in total. The van der Waals surface area contributed by atoms with Crippen molar-refractivity contribution in [1.29, 1.82) is 0 Å². The number of methoxy groups -OCH3 is 2. The average Bonchev–Trinajstić information content (AvgIpc) is 3.15. The second kappa shape index (κ2) is 10.1. The van der Waals surface area contributed by atoms with Crippen LogP contribution in [0.5, 0.6) is 0 Å². The van der Waals surface area contributed by atoms with Crippen LogP contribution in [0.4, 0.5) is 11.4 Å². The molecule has 0 spiro atoms. The Kier molecular flexibility index (Phi) is 7.49. The standard InChI is InChI=1S/C29H35Cl2N2O2/c1-28(2)22-18-20(30)10-12-24(22)32(14-16-34-5)26(28)8-7-9-27-29(3,4)23-19-21(31)11-13-25(23)33(27)15-17-35-6/h7-13,18-19H,14-17H2,1-6H3/q+1. The summed E-state index contributed by atoms with van der Waals surface area (Å²) in [7, 11) is 3.48. The summed E-state index contributed by atoms with van der Waals surface area (Å²) < 4.78 is 13.2. The van der Waals surface area contributed by atoms with Gasteiger partial charge in [-0.05, 0) is 55.8 Å². The Morgan fingerprint density at radius 2 is 1.54 bits per heavy atom. The van der Waals surface area contributed by atoms with E-state index in [1.54, 1.807) is 14.2 Å². The van der Waals surface area contributed by atoms with Gasteiger partial charge in [-0.15, -0.1) is 0 Å². The first kappa shape index (κ1) is 26.0. The van der Waals surface area contributed by atoms with Gasteiger partial charge in [0, 0.05) is 65.3 Å². The Morgan fingerprint density at radius 3 is 2.23 bits per heavy atom. The molecule has 6 heteroatoms. The third kappa shape index (κ3) is 4.70. The minimum atomic E-state index is -0.180. The molecule has 0 aliphatic carbocycles. The lowest BCUT2D eigenvalue weighted by molar-refractivity contribution is -0.441. The quantitative estimate of drug-likeness (QED) is 0.358. The topological polar surface area (TPSA) is 24.7 Å². The maximum atomic E-state index is 6.38. The molecule has 0 saturated carbocycles. The maximum absolute atomic E-state index is 6.38. The molecule has 0 bridgehead atoms. The summed E-state index contributed by atoms with van der Waals surface area (Å²) in [6.45, 7) is 11.9. The summed E-state index contributed by atoms with van der Waals surface area (Å²) in [6.07, 6.45) is 6.64. The highest BCUT2D eigenvalue weighted by Gasteiger charge is 2.44. The van der Waals surface area contributed by atoms with Crippen molar-refractivity contribution >= 4 is 40.3 Å². The summed E-state index contributed by atoms with van der Waals surface area (Å²) in [6, 6.07) is 12.3. The average molecular weight is 515 g/mol. The van der Waals surface area contributed by atoms with E-state index in [4.69, 9.17) is 32.7 Å². The Morgan fingerprint density at radius 1 is 0.886 bits per heavy atom. The lowest BCUT2D eigenvalue weighted by Crippen LogP contribution is -2.29. The van der Waals surface area contributed by atoms with Crippen LogP contribution in [0.15, 0.2) is 60.3 Å². The molecule has 0 fully saturated rings. The summed E-state index contributed by atoms with van der Waals surface area (Å²) >= 11 is 12.8. The number of rotatable bonds is 8. The third-order valence-corrected chi connectivity index (χ3v) is 7.72. The van der Waals surface area contributed by atoms with E-state index in [2.05, 4.69) is 79.7 Å². The molecular formula is C29H35Cl2N2O2+. The Labute approximate surface area is 219 Å².